The zero-order valence-corrected chi connectivity index (χ0v) is 11.3. The van der Waals surface area contributed by atoms with Gasteiger partial charge in [-0.25, -0.2) is 0 Å². The van der Waals surface area contributed by atoms with Crippen LogP contribution in [0.4, 0.5) is 0 Å². The normalized spacial score (nSPS) is 26.2. The van der Waals surface area contributed by atoms with E-state index in [9.17, 15) is 0 Å². The predicted molar refractivity (Wildman–Crippen MR) is 70.4 cm³/mol. The van der Waals surface area contributed by atoms with E-state index in [1.54, 1.807) is 0 Å². The summed E-state index contributed by atoms with van der Waals surface area (Å²) in [4.78, 5) is 2.73. The molecule has 0 saturated carbocycles. The van der Waals surface area contributed by atoms with Gasteiger partial charge in [0.05, 0.1) is 0 Å². The minimum absolute atomic E-state index is 0. The fourth-order valence-electron chi connectivity index (χ4n) is 2.72. The third-order valence-corrected chi connectivity index (χ3v) is 3.80. The summed E-state index contributed by atoms with van der Waals surface area (Å²) in [7, 11) is 0. The number of hydrogen-bond acceptors (Lipinski definition) is 2. The second kappa shape index (κ2) is 6.95. The molecule has 2 aliphatic rings. The maximum Gasteiger partial charge on any atom is 0.0205 e. The molecule has 0 spiro atoms. The van der Waals surface area contributed by atoms with Crippen LogP contribution < -0.4 is 5.32 Å². The van der Waals surface area contributed by atoms with E-state index in [4.69, 9.17) is 0 Å². The van der Waals surface area contributed by atoms with Crippen molar-refractivity contribution in [2.75, 3.05) is 26.2 Å². The Morgan fingerprint density at radius 1 is 0.933 bits per heavy atom. The van der Waals surface area contributed by atoms with Gasteiger partial charge in [-0.05, 0) is 58.8 Å². The second-order valence-corrected chi connectivity index (χ2v) is 4.79. The van der Waals surface area contributed by atoms with E-state index >= 15 is 0 Å². The molecule has 0 aromatic carbocycles. The van der Waals surface area contributed by atoms with Gasteiger partial charge in [0.2, 0.25) is 0 Å². The van der Waals surface area contributed by atoms with Crippen LogP contribution in [0.2, 0.25) is 0 Å². The van der Waals surface area contributed by atoms with Gasteiger partial charge in [-0.2, -0.15) is 0 Å². The molecule has 2 rings (SSSR count). The SMILES string of the molecule is CC1(N2CCCCC2)CCNCC1.Cl.Cl. The molecular weight excluding hydrogens is 231 g/mol. The molecule has 0 bridgehead atoms. The Morgan fingerprint density at radius 2 is 1.47 bits per heavy atom. The molecule has 2 heterocycles. The van der Waals surface area contributed by atoms with Gasteiger partial charge in [-0.1, -0.05) is 6.42 Å². The molecule has 2 fully saturated rings. The lowest BCUT2D eigenvalue weighted by Crippen LogP contribution is -2.54. The summed E-state index contributed by atoms with van der Waals surface area (Å²) in [6.45, 7) is 7.58. The van der Waals surface area contributed by atoms with Gasteiger partial charge in [0.1, 0.15) is 0 Å². The van der Waals surface area contributed by atoms with Gasteiger partial charge in [-0.3, -0.25) is 4.90 Å². The lowest BCUT2D eigenvalue weighted by molar-refractivity contribution is 0.0541. The van der Waals surface area contributed by atoms with Crippen molar-refractivity contribution in [1.82, 2.24) is 10.2 Å². The van der Waals surface area contributed by atoms with Crippen molar-refractivity contribution in [3.63, 3.8) is 0 Å². The van der Waals surface area contributed by atoms with Gasteiger partial charge in [0.15, 0.2) is 0 Å². The quantitative estimate of drug-likeness (QED) is 0.774. The van der Waals surface area contributed by atoms with Crippen molar-refractivity contribution >= 4 is 24.8 Å². The highest BCUT2D eigenvalue weighted by Gasteiger charge is 2.33. The molecule has 0 radical (unpaired) electrons. The van der Waals surface area contributed by atoms with Crippen LogP contribution in [-0.4, -0.2) is 36.6 Å². The van der Waals surface area contributed by atoms with Crippen molar-refractivity contribution in [2.24, 2.45) is 0 Å². The van der Waals surface area contributed by atoms with E-state index in [0.29, 0.717) is 5.54 Å². The fourth-order valence-corrected chi connectivity index (χ4v) is 2.72. The Kier molecular flexibility index (Phi) is 7.18. The number of likely N-dealkylation sites (tertiary alicyclic amines) is 1. The van der Waals surface area contributed by atoms with Gasteiger partial charge >= 0.3 is 0 Å². The second-order valence-electron chi connectivity index (χ2n) is 4.79. The molecule has 0 amide bonds. The first-order chi connectivity index (χ1) is 6.31. The smallest absolute Gasteiger partial charge is 0.0205 e. The Hall–Kier alpha value is 0.500. The van der Waals surface area contributed by atoms with Gasteiger partial charge in [-0.15, -0.1) is 24.8 Å². The van der Waals surface area contributed by atoms with E-state index < -0.39 is 0 Å². The highest BCUT2D eigenvalue weighted by atomic mass is 35.5. The summed E-state index contributed by atoms with van der Waals surface area (Å²) < 4.78 is 0. The summed E-state index contributed by atoms with van der Waals surface area (Å²) in [6.07, 6.45) is 6.97. The molecular formula is C11H24Cl2N2. The average molecular weight is 255 g/mol. The van der Waals surface area contributed by atoms with Gasteiger partial charge in [0, 0.05) is 5.54 Å². The summed E-state index contributed by atoms with van der Waals surface area (Å²) in [5.41, 5.74) is 0.520. The van der Waals surface area contributed by atoms with E-state index in [1.165, 1.54) is 58.3 Å². The van der Waals surface area contributed by atoms with E-state index in [-0.39, 0.29) is 24.8 Å². The fraction of sp³-hybridized carbons (Fsp3) is 1.00. The minimum Gasteiger partial charge on any atom is -0.317 e. The number of piperidine rings is 2. The van der Waals surface area contributed by atoms with Crippen molar-refractivity contribution in [3.05, 3.63) is 0 Å². The number of rotatable bonds is 1. The largest absolute Gasteiger partial charge is 0.317 e. The topological polar surface area (TPSA) is 15.3 Å². The standard InChI is InChI=1S/C11H22N2.2ClH/c1-11(5-7-12-8-6-11)13-9-3-2-4-10-13;;/h12H,2-10H2,1H3;2*1H. The highest BCUT2D eigenvalue weighted by molar-refractivity contribution is 5.85. The molecule has 0 atom stereocenters. The minimum atomic E-state index is 0. The molecule has 0 aromatic rings. The molecule has 2 saturated heterocycles. The third kappa shape index (κ3) is 3.77. The number of hydrogen-bond donors (Lipinski definition) is 1. The zero-order chi connectivity index (χ0) is 9.15. The first-order valence-electron chi connectivity index (χ1n) is 5.77. The number of nitrogens with zero attached hydrogens (tertiary/aromatic N) is 1. The van der Waals surface area contributed by atoms with Crippen LogP contribution in [0.3, 0.4) is 0 Å². The zero-order valence-electron chi connectivity index (χ0n) is 9.63. The van der Waals surface area contributed by atoms with E-state index in [2.05, 4.69) is 17.1 Å². The molecule has 2 nitrogen and oxygen atoms in total. The van der Waals surface area contributed by atoms with Crippen molar-refractivity contribution < 1.29 is 0 Å². The molecule has 4 heteroatoms. The molecule has 15 heavy (non-hydrogen) atoms. The van der Waals surface area contributed by atoms with Crippen LogP contribution in [0.15, 0.2) is 0 Å². The maximum absolute atomic E-state index is 3.45. The van der Waals surface area contributed by atoms with Crippen molar-refractivity contribution in [3.8, 4) is 0 Å². The summed E-state index contributed by atoms with van der Waals surface area (Å²) in [6, 6.07) is 0. The lowest BCUT2D eigenvalue weighted by Gasteiger charge is -2.46. The van der Waals surface area contributed by atoms with Crippen molar-refractivity contribution in [1.29, 1.82) is 0 Å². The summed E-state index contributed by atoms with van der Waals surface area (Å²) in [5, 5.41) is 3.45. The van der Waals surface area contributed by atoms with Crippen LogP contribution in [0.1, 0.15) is 39.0 Å². The third-order valence-electron chi connectivity index (χ3n) is 3.80. The van der Waals surface area contributed by atoms with Crippen LogP contribution in [0.5, 0.6) is 0 Å². The van der Waals surface area contributed by atoms with E-state index in [0.717, 1.165) is 0 Å². The van der Waals surface area contributed by atoms with Gasteiger partial charge in [0.25, 0.3) is 0 Å². The summed E-state index contributed by atoms with van der Waals surface area (Å²) in [5.74, 6) is 0. The van der Waals surface area contributed by atoms with Crippen molar-refractivity contribution in [2.45, 2.75) is 44.6 Å². The average Bonchev–Trinajstić information content (AvgIpc) is 2.20. The first-order valence-corrected chi connectivity index (χ1v) is 5.77. The Labute approximate surface area is 106 Å². The number of halogens is 2. The molecule has 0 unspecified atom stereocenters. The highest BCUT2D eigenvalue weighted by Crippen LogP contribution is 2.28. The van der Waals surface area contributed by atoms with Gasteiger partial charge < -0.3 is 5.32 Å². The lowest BCUT2D eigenvalue weighted by atomic mass is 9.87. The molecule has 0 aromatic heterocycles. The summed E-state index contributed by atoms with van der Waals surface area (Å²) >= 11 is 0. The predicted octanol–water partition coefficient (Wildman–Crippen LogP) is 2.46. The molecule has 92 valence electrons. The van der Waals surface area contributed by atoms with E-state index in [1.807, 2.05) is 0 Å². The van der Waals surface area contributed by atoms with Crippen LogP contribution >= 0.6 is 24.8 Å². The maximum atomic E-state index is 3.45. The molecule has 2 aliphatic heterocycles. The van der Waals surface area contributed by atoms with Crippen LogP contribution in [0, 0.1) is 0 Å². The molecule has 1 N–H and O–H groups in total. The van der Waals surface area contributed by atoms with Crippen LogP contribution in [-0.2, 0) is 0 Å². The molecule has 0 aliphatic carbocycles. The monoisotopic (exact) mass is 254 g/mol. The van der Waals surface area contributed by atoms with Crippen LogP contribution in [0.25, 0.3) is 0 Å². The Morgan fingerprint density at radius 3 is 2.00 bits per heavy atom. The number of nitrogens with one attached hydrogen (secondary N) is 1. The Balaban J connectivity index is 0.000000980. The Bertz CT molecular complexity index is 164. The first kappa shape index (κ1) is 15.5.